The summed E-state index contributed by atoms with van der Waals surface area (Å²) in [7, 11) is 0. The highest BCUT2D eigenvalue weighted by atomic mass is 16.6. The molecule has 110 valence electrons. The number of anilines is 1. The highest BCUT2D eigenvalue weighted by molar-refractivity contribution is 5.58. The van der Waals surface area contributed by atoms with Gasteiger partial charge in [-0.15, -0.1) is 0 Å². The van der Waals surface area contributed by atoms with E-state index in [-0.39, 0.29) is 17.2 Å². The maximum Gasteiger partial charge on any atom is 0.271 e. The summed E-state index contributed by atoms with van der Waals surface area (Å²) >= 11 is 0. The van der Waals surface area contributed by atoms with Crippen molar-refractivity contribution in [3.63, 3.8) is 0 Å². The summed E-state index contributed by atoms with van der Waals surface area (Å²) in [4.78, 5) is 12.6. The SMILES string of the molecule is Cc1ccc([N+](=O)[O-])cc1N(CCO)CC1CCCN1. The van der Waals surface area contributed by atoms with Crippen molar-refractivity contribution in [2.24, 2.45) is 0 Å². The number of nitro groups is 1. The Labute approximate surface area is 118 Å². The van der Waals surface area contributed by atoms with Gasteiger partial charge >= 0.3 is 0 Å². The van der Waals surface area contributed by atoms with Gasteiger partial charge in [0.15, 0.2) is 0 Å². The zero-order valence-corrected chi connectivity index (χ0v) is 11.7. The van der Waals surface area contributed by atoms with Crippen LogP contribution in [0.15, 0.2) is 18.2 Å². The largest absolute Gasteiger partial charge is 0.395 e. The predicted molar refractivity (Wildman–Crippen MR) is 78.2 cm³/mol. The monoisotopic (exact) mass is 279 g/mol. The van der Waals surface area contributed by atoms with Gasteiger partial charge in [0.05, 0.1) is 11.5 Å². The van der Waals surface area contributed by atoms with Crippen molar-refractivity contribution in [2.45, 2.75) is 25.8 Å². The average molecular weight is 279 g/mol. The first-order valence-corrected chi connectivity index (χ1v) is 6.96. The molecule has 1 aliphatic rings. The molecule has 1 aromatic carbocycles. The van der Waals surface area contributed by atoms with Crippen molar-refractivity contribution in [1.29, 1.82) is 0 Å². The Kier molecular flexibility index (Phi) is 4.92. The molecule has 1 atom stereocenters. The lowest BCUT2D eigenvalue weighted by molar-refractivity contribution is -0.384. The molecule has 0 amide bonds. The summed E-state index contributed by atoms with van der Waals surface area (Å²) in [5.41, 5.74) is 1.91. The average Bonchev–Trinajstić information content (AvgIpc) is 2.91. The van der Waals surface area contributed by atoms with Gasteiger partial charge in [-0.3, -0.25) is 10.1 Å². The highest BCUT2D eigenvalue weighted by Crippen LogP contribution is 2.26. The summed E-state index contributed by atoms with van der Waals surface area (Å²) in [6.45, 7) is 4.24. The molecule has 0 aliphatic carbocycles. The Balaban J connectivity index is 2.22. The van der Waals surface area contributed by atoms with Crippen molar-refractivity contribution in [3.05, 3.63) is 33.9 Å². The molecule has 6 nitrogen and oxygen atoms in total. The minimum atomic E-state index is -0.381. The smallest absolute Gasteiger partial charge is 0.271 e. The lowest BCUT2D eigenvalue weighted by atomic mass is 10.1. The van der Waals surface area contributed by atoms with Gasteiger partial charge in [-0.1, -0.05) is 6.07 Å². The molecule has 1 unspecified atom stereocenters. The Bertz CT molecular complexity index is 473. The second-order valence-corrected chi connectivity index (χ2v) is 5.19. The molecular weight excluding hydrogens is 258 g/mol. The predicted octanol–water partition coefficient (Wildman–Crippen LogP) is 1.45. The molecule has 20 heavy (non-hydrogen) atoms. The number of nitrogens with one attached hydrogen (secondary N) is 1. The van der Waals surface area contributed by atoms with Gasteiger partial charge in [0.1, 0.15) is 0 Å². The summed E-state index contributed by atoms with van der Waals surface area (Å²) in [6, 6.07) is 5.27. The van der Waals surface area contributed by atoms with Gasteiger partial charge in [0, 0.05) is 37.0 Å². The molecule has 2 N–H and O–H groups in total. The Morgan fingerprint density at radius 3 is 2.95 bits per heavy atom. The van der Waals surface area contributed by atoms with Gasteiger partial charge in [-0.05, 0) is 31.9 Å². The number of nitro benzene ring substituents is 1. The van der Waals surface area contributed by atoms with Crippen LogP contribution >= 0.6 is 0 Å². The number of rotatable bonds is 6. The van der Waals surface area contributed by atoms with E-state index in [1.807, 2.05) is 11.8 Å². The fourth-order valence-corrected chi connectivity index (χ4v) is 2.66. The van der Waals surface area contributed by atoms with Crippen LogP contribution in [-0.2, 0) is 0 Å². The standard InChI is InChI=1S/C14H21N3O3/c1-11-4-5-13(17(19)20)9-14(11)16(7-8-18)10-12-3-2-6-15-12/h4-5,9,12,15,18H,2-3,6-8,10H2,1H3. The topological polar surface area (TPSA) is 78.6 Å². The molecule has 1 fully saturated rings. The molecule has 0 aromatic heterocycles. The fraction of sp³-hybridized carbons (Fsp3) is 0.571. The minimum Gasteiger partial charge on any atom is -0.395 e. The maximum atomic E-state index is 10.9. The van der Waals surface area contributed by atoms with Gasteiger partial charge in [-0.2, -0.15) is 0 Å². The van der Waals surface area contributed by atoms with E-state index in [1.54, 1.807) is 12.1 Å². The molecule has 6 heteroatoms. The summed E-state index contributed by atoms with van der Waals surface area (Å²) in [6.07, 6.45) is 2.27. The second kappa shape index (κ2) is 6.67. The van der Waals surface area contributed by atoms with Gasteiger partial charge in [0.25, 0.3) is 5.69 Å². The van der Waals surface area contributed by atoms with Crippen LogP contribution in [0, 0.1) is 17.0 Å². The van der Waals surface area contributed by atoms with Crippen molar-refractivity contribution in [2.75, 3.05) is 31.1 Å². The number of hydrogen-bond donors (Lipinski definition) is 2. The first-order chi connectivity index (χ1) is 9.61. The van der Waals surface area contributed by atoms with E-state index in [1.165, 1.54) is 6.07 Å². The zero-order valence-electron chi connectivity index (χ0n) is 11.7. The van der Waals surface area contributed by atoms with E-state index in [0.717, 1.165) is 37.2 Å². The van der Waals surface area contributed by atoms with E-state index in [2.05, 4.69) is 5.32 Å². The minimum absolute atomic E-state index is 0.0366. The van der Waals surface area contributed by atoms with Crippen LogP contribution in [0.1, 0.15) is 18.4 Å². The quantitative estimate of drug-likeness (QED) is 0.609. The van der Waals surface area contributed by atoms with E-state index in [0.29, 0.717) is 12.6 Å². The number of aliphatic hydroxyl groups is 1. The third-order valence-corrected chi connectivity index (χ3v) is 3.72. The maximum absolute atomic E-state index is 10.9. The lowest BCUT2D eigenvalue weighted by Crippen LogP contribution is -2.39. The zero-order chi connectivity index (χ0) is 14.5. The first kappa shape index (κ1) is 14.7. The van der Waals surface area contributed by atoms with Crippen LogP contribution in [0.2, 0.25) is 0 Å². The van der Waals surface area contributed by atoms with Crippen molar-refractivity contribution >= 4 is 11.4 Å². The van der Waals surface area contributed by atoms with Gasteiger partial charge < -0.3 is 15.3 Å². The molecule has 1 aliphatic heterocycles. The Hall–Kier alpha value is -1.66. The van der Waals surface area contributed by atoms with E-state index >= 15 is 0 Å². The third kappa shape index (κ3) is 3.46. The van der Waals surface area contributed by atoms with Crippen LogP contribution in [-0.4, -0.2) is 42.3 Å². The molecule has 1 saturated heterocycles. The van der Waals surface area contributed by atoms with Crippen LogP contribution in [0.3, 0.4) is 0 Å². The molecule has 0 spiro atoms. The molecule has 1 heterocycles. The van der Waals surface area contributed by atoms with Crippen LogP contribution in [0.4, 0.5) is 11.4 Å². The van der Waals surface area contributed by atoms with Crippen molar-refractivity contribution in [1.82, 2.24) is 5.32 Å². The number of hydrogen-bond acceptors (Lipinski definition) is 5. The van der Waals surface area contributed by atoms with Crippen LogP contribution in [0.5, 0.6) is 0 Å². The summed E-state index contributed by atoms with van der Waals surface area (Å²) < 4.78 is 0. The van der Waals surface area contributed by atoms with Gasteiger partial charge in [-0.25, -0.2) is 0 Å². The van der Waals surface area contributed by atoms with Crippen LogP contribution in [0.25, 0.3) is 0 Å². The Morgan fingerprint density at radius 2 is 2.35 bits per heavy atom. The molecule has 2 rings (SSSR count). The molecule has 0 saturated carbocycles. The van der Waals surface area contributed by atoms with Crippen molar-refractivity contribution in [3.8, 4) is 0 Å². The molecular formula is C14H21N3O3. The van der Waals surface area contributed by atoms with E-state index < -0.39 is 0 Å². The number of aryl methyl sites for hydroxylation is 1. The lowest BCUT2D eigenvalue weighted by Gasteiger charge is -2.28. The molecule has 0 bridgehead atoms. The number of aliphatic hydroxyl groups excluding tert-OH is 1. The van der Waals surface area contributed by atoms with Gasteiger partial charge in [0.2, 0.25) is 0 Å². The van der Waals surface area contributed by atoms with E-state index in [4.69, 9.17) is 0 Å². The van der Waals surface area contributed by atoms with Crippen LogP contribution < -0.4 is 10.2 Å². The normalized spacial score (nSPS) is 18.2. The third-order valence-electron chi connectivity index (χ3n) is 3.72. The number of non-ortho nitro benzene ring substituents is 1. The number of nitrogens with zero attached hydrogens (tertiary/aromatic N) is 2. The number of benzene rings is 1. The first-order valence-electron chi connectivity index (χ1n) is 6.96. The van der Waals surface area contributed by atoms with Crippen molar-refractivity contribution < 1.29 is 10.0 Å². The molecule has 0 radical (unpaired) electrons. The second-order valence-electron chi connectivity index (χ2n) is 5.19. The molecule has 1 aromatic rings. The van der Waals surface area contributed by atoms with E-state index in [9.17, 15) is 15.2 Å². The summed E-state index contributed by atoms with van der Waals surface area (Å²) in [5, 5.41) is 23.6. The summed E-state index contributed by atoms with van der Waals surface area (Å²) in [5.74, 6) is 0. The fourth-order valence-electron chi connectivity index (χ4n) is 2.66. The highest BCUT2D eigenvalue weighted by Gasteiger charge is 2.20. The Morgan fingerprint density at radius 1 is 1.55 bits per heavy atom.